The van der Waals surface area contributed by atoms with E-state index in [0.717, 1.165) is 154 Å². The molecule has 0 rings (SSSR count). The largest absolute Gasteiger partial charge is 0.462 e. The lowest BCUT2D eigenvalue weighted by Crippen LogP contribution is -2.30. The van der Waals surface area contributed by atoms with Crippen molar-refractivity contribution in [3.8, 4) is 0 Å². The van der Waals surface area contributed by atoms with Crippen molar-refractivity contribution in [2.24, 2.45) is 0 Å². The molecule has 0 N–H and O–H groups in total. The van der Waals surface area contributed by atoms with E-state index in [9.17, 15) is 9.59 Å². The van der Waals surface area contributed by atoms with Gasteiger partial charge in [0.25, 0.3) is 0 Å². The van der Waals surface area contributed by atoms with Gasteiger partial charge in [0.1, 0.15) is 6.61 Å². The third kappa shape index (κ3) is 48.7. The zero-order valence-corrected chi connectivity index (χ0v) is 39.8. The summed E-state index contributed by atoms with van der Waals surface area (Å²) in [6, 6.07) is 0. The van der Waals surface area contributed by atoms with E-state index in [2.05, 4.69) is 154 Å². The van der Waals surface area contributed by atoms with E-state index >= 15 is 0 Å². The number of ether oxygens (including phenoxy) is 3. The SMILES string of the molecule is CC/C=C\C/C=C\C/C=C\C/C=C\C/C=C\CCCCCCOCC(COC(=O)CCCCC/C=C\C/C=C\C/C=C\CC)OC(=O)CCCCC/C=C\C/C=C\C/C=C\CC. The van der Waals surface area contributed by atoms with E-state index in [1.54, 1.807) is 0 Å². The van der Waals surface area contributed by atoms with Crippen molar-refractivity contribution < 1.29 is 23.8 Å². The Hall–Kier alpha value is -3.96. The maximum absolute atomic E-state index is 12.8. The minimum Gasteiger partial charge on any atom is -0.462 e. The van der Waals surface area contributed by atoms with Crippen LogP contribution in [0.1, 0.15) is 188 Å². The lowest BCUT2D eigenvalue weighted by atomic mass is 10.1. The maximum Gasteiger partial charge on any atom is 0.306 e. The first-order valence-electron chi connectivity index (χ1n) is 24.7. The van der Waals surface area contributed by atoms with Gasteiger partial charge in [-0.3, -0.25) is 9.59 Å². The first-order chi connectivity index (χ1) is 30.6. The molecule has 0 fully saturated rings. The highest BCUT2D eigenvalue weighted by Crippen LogP contribution is 2.11. The van der Waals surface area contributed by atoms with Gasteiger partial charge >= 0.3 is 11.9 Å². The van der Waals surface area contributed by atoms with Crippen LogP contribution < -0.4 is 0 Å². The molecule has 1 unspecified atom stereocenters. The summed E-state index contributed by atoms with van der Waals surface area (Å²) in [4.78, 5) is 25.3. The molecule has 0 aliphatic heterocycles. The van der Waals surface area contributed by atoms with Gasteiger partial charge < -0.3 is 14.2 Å². The van der Waals surface area contributed by atoms with Crippen LogP contribution in [0.15, 0.2) is 134 Å². The van der Waals surface area contributed by atoms with E-state index in [1.807, 2.05) is 0 Å². The van der Waals surface area contributed by atoms with Gasteiger partial charge in [-0.15, -0.1) is 0 Å². The molecule has 0 spiro atoms. The predicted molar refractivity (Wildman–Crippen MR) is 269 cm³/mol. The molecule has 0 radical (unpaired) electrons. The number of allylic oxidation sites excluding steroid dienone is 22. The van der Waals surface area contributed by atoms with Crippen LogP contribution in [0.25, 0.3) is 0 Å². The highest BCUT2D eigenvalue weighted by Gasteiger charge is 2.17. The maximum atomic E-state index is 12.8. The number of carbonyl (C=O) groups is 2. The summed E-state index contributed by atoms with van der Waals surface area (Å²) in [6.45, 7) is 7.33. The van der Waals surface area contributed by atoms with Crippen molar-refractivity contribution in [3.63, 3.8) is 0 Å². The lowest BCUT2D eigenvalue weighted by molar-refractivity contribution is -0.163. The Morgan fingerprint density at radius 2 is 0.677 bits per heavy atom. The van der Waals surface area contributed by atoms with Crippen LogP contribution in [0, 0.1) is 0 Å². The standard InChI is InChI=1S/C57H90O5/c1-4-7-10-13-16-19-22-25-26-27-28-29-30-31-34-37-40-43-46-49-52-60-53-55(62-57(59)51-48-45-42-39-36-33-24-21-18-15-12-9-6-3)54-61-56(58)50-47-44-41-38-35-32-23-20-17-14-11-8-5-2/h7-12,16-21,25-26,28-29,31-36,55H,4-6,13-15,22-24,27,30,37-54H2,1-3H3/b10-7-,11-8-,12-9-,19-16-,20-17-,21-18-,26-25-,29-28-,34-31-,35-32-,36-33-. The fourth-order valence-corrected chi connectivity index (χ4v) is 6.09. The van der Waals surface area contributed by atoms with Gasteiger partial charge in [-0.05, 0) is 128 Å². The Balaban J connectivity index is 4.42. The van der Waals surface area contributed by atoms with Crippen molar-refractivity contribution in [1.82, 2.24) is 0 Å². The number of hydrogen-bond acceptors (Lipinski definition) is 5. The first-order valence-corrected chi connectivity index (χ1v) is 24.7. The molecule has 0 heterocycles. The van der Waals surface area contributed by atoms with E-state index in [4.69, 9.17) is 14.2 Å². The summed E-state index contributed by atoms with van der Waals surface area (Å²) >= 11 is 0. The van der Waals surface area contributed by atoms with Gasteiger partial charge in [-0.1, -0.05) is 180 Å². The van der Waals surface area contributed by atoms with Gasteiger partial charge in [-0.25, -0.2) is 0 Å². The predicted octanol–water partition coefficient (Wildman–Crippen LogP) is 16.8. The molecule has 0 aromatic carbocycles. The summed E-state index contributed by atoms with van der Waals surface area (Å²) in [6.07, 6.45) is 73.2. The second-order valence-corrected chi connectivity index (χ2v) is 15.6. The Morgan fingerprint density at radius 3 is 1.06 bits per heavy atom. The van der Waals surface area contributed by atoms with Crippen molar-refractivity contribution in [2.45, 2.75) is 194 Å². The summed E-state index contributed by atoms with van der Waals surface area (Å²) in [5.74, 6) is -0.493. The molecule has 0 aliphatic carbocycles. The van der Waals surface area contributed by atoms with Gasteiger partial charge in [0.05, 0.1) is 6.61 Å². The highest BCUT2D eigenvalue weighted by atomic mass is 16.6. The normalized spacial score (nSPS) is 13.4. The molecule has 0 aromatic rings. The molecule has 0 amide bonds. The molecule has 0 bridgehead atoms. The third-order valence-corrected chi connectivity index (χ3v) is 9.66. The monoisotopic (exact) mass is 855 g/mol. The van der Waals surface area contributed by atoms with Crippen LogP contribution in [0.3, 0.4) is 0 Å². The van der Waals surface area contributed by atoms with Gasteiger partial charge in [0, 0.05) is 19.4 Å². The number of hydrogen-bond donors (Lipinski definition) is 0. The average Bonchev–Trinajstić information content (AvgIpc) is 3.27. The molecular formula is C57H90O5. The van der Waals surface area contributed by atoms with Crippen molar-refractivity contribution in [2.75, 3.05) is 19.8 Å². The zero-order valence-electron chi connectivity index (χ0n) is 39.8. The van der Waals surface area contributed by atoms with Gasteiger partial charge in [0.2, 0.25) is 0 Å². The van der Waals surface area contributed by atoms with Crippen molar-refractivity contribution >= 4 is 11.9 Å². The van der Waals surface area contributed by atoms with Crippen LogP contribution in [0.2, 0.25) is 0 Å². The van der Waals surface area contributed by atoms with E-state index in [-0.39, 0.29) is 25.2 Å². The molecule has 62 heavy (non-hydrogen) atoms. The summed E-state index contributed by atoms with van der Waals surface area (Å²) in [5.41, 5.74) is 0. The Labute approximate surface area is 381 Å². The fraction of sp³-hybridized carbons (Fsp3) is 0.579. The van der Waals surface area contributed by atoms with Gasteiger partial charge in [-0.2, -0.15) is 0 Å². The molecule has 0 saturated carbocycles. The first kappa shape index (κ1) is 58.0. The van der Waals surface area contributed by atoms with Crippen LogP contribution in [0.5, 0.6) is 0 Å². The second kappa shape index (κ2) is 51.4. The molecule has 0 saturated heterocycles. The Morgan fingerprint density at radius 1 is 0.355 bits per heavy atom. The molecule has 5 heteroatoms. The van der Waals surface area contributed by atoms with Crippen molar-refractivity contribution in [3.05, 3.63) is 134 Å². The molecule has 0 aromatic heterocycles. The molecule has 0 aliphatic rings. The van der Waals surface area contributed by atoms with E-state index in [0.29, 0.717) is 19.4 Å². The number of esters is 2. The smallest absolute Gasteiger partial charge is 0.306 e. The average molecular weight is 855 g/mol. The number of unbranched alkanes of at least 4 members (excludes halogenated alkanes) is 10. The fourth-order valence-electron chi connectivity index (χ4n) is 6.09. The highest BCUT2D eigenvalue weighted by molar-refractivity contribution is 5.70. The van der Waals surface area contributed by atoms with Crippen molar-refractivity contribution in [1.29, 1.82) is 0 Å². The summed E-state index contributed by atoms with van der Waals surface area (Å²) in [5, 5.41) is 0. The topological polar surface area (TPSA) is 61.8 Å². The quantitative estimate of drug-likeness (QED) is 0.0347. The Bertz CT molecular complexity index is 1330. The molecule has 1 atom stereocenters. The van der Waals surface area contributed by atoms with Crippen LogP contribution in [-0.2, 0) is 23.8 Å². The van der Waals surface area contributed by atoms with Crippen LogP contribution >= 0.6 is 0 Å². The molecule has 348 valence electrons. The van der Waals surface area contributed by atoms with E-state index in [1.165, 1.54) is 0 Å². The molecular weight excluding hydrogens is 765 g/mol. The minimum absolute atomic E-state index is 0.0381. The van der Waals surface area contributed by atoms with E-state index < -0.39 is 6.10 Å². The minimum atomic E-state index is -0.586. The van der Waals surface area contributed by atoms with Crippen LogP contribution in [0.4, 0.5) is 0 Å². The van der Waals surface area contributed by atoms with Gasteiger partial charge in [0.15, 0.2) is 6.10 Å². The van der Waals surface area contributed by atoms with Crippen LogP contribution in [-0.4, -0.2) is 37.9 Å². The summed E-state index contributed by atoms with van der Waals surface area (Å²) < 4.78 is 17.3. The zero-order chi connectivity index (χ0) is 44.9. The third-order valence-electron chi connectivity index (χ3n) is 9.66. The Kier molecular flexibility index (Phi) is 48.1. The molecule has 5 nitrogen and oxygen atoms in total. The number of carbonyl (C=O) groups excluding carboxylic acids is 2. The number of rotatable bonds is 43. The lowest BCUT2D eigenvalue weighted by Gasteiger charge is -2.18. The second-order valence-electron chi connectivity index (χ2n) is 15.6. The summed E-state index contributed by atoms with van der Waals surface area (Å²) in [7, 11) is 0.